The number of carbonyl (C=O) groups is 1. The lowest BCUT2D eigenvalue weighted by atomic mass is 9.90. The highest BCUT2D eigenvalue weighted by Gasteiger charge is 2.28. The van der Waals surface area contributed by atoms with Crippen LogP contribution < -0.4 is 5.32 Å². The van der Waals surface area contributed by atoms with E-state index in [9.17, 15) is 4.79 Å². The highest BCUT2D eigenvalue weighted by atomic mass is 35.5. The first-order valence-corrected chi connectivity index (χ1v) is 13.0. The third kappa shape index (κ3) is 5.73. The van der Waals surface area contributed by atoms with Crippen LogP contribution in [0.3, 0.4) is 0 Å². The smallest absolute Gasteiger partial charge is 0.253 e. The second-order valence-corrected chi connectivity index (χ2v) is 10.0. The minimum Gasteiger partial charge on any atom is -0.348 e. The first kappa shape index (κ1) is 25.1. The molecule has 0 aliphatic heterocycles. The first-order valence-electron chi connectivity index (χ1n) is 12.6. The number of halogens is 1. The molecule has 5 rings (SSSR count). The number of imidazole rings is 1. The van der Waals surface area contributed by atoms with E-state index in [4.69, 9.17) is 16.6 Å². The van der Waals surface area contributed by atoms with Gasteiger partial charge in [0.25, 0.3) is 5.91 Å². The van der Waals surface area contributed by atoms with Gasteiger partial charge in [-0.3, -0.25) is 19.7 Å². The average molecular weight is 515 g/mol. The molecule has 4 aromatic rings. The van der Waals surface area contributed by atoms with Gasteiger partial charge in [0.2, 0.25) is 0 Å². The van der Waals surface area contributed by atoms with E-state index in [2.05, 4.69) is 49.9 Å². The number of hydrogen-bond acceptors (Lipinski definition) is 5. The molecular formula is C29H31ClN6O. The minimum absolute atomic E-state index is 0.213. The van der Waals surface area contributed by atoms with Gasteiger partial charge < -0.3 is 9.88 Å². The van der Waals surface area contributed by atoms with E-state index in [1.807, 2.05) is 37.8 Å². The largest absolute Gasteiger partial charge is 0.348 e. The van der Waals surface area contributed by atoms with Gasteiger partial charge in [-0.05, 0) is 55.0 Å². The number of pyridine rings is 2. The molecule has 1 atom stereocenters. The molecule has 8 heteroatoms. The van der Waals surface area contributed by atoms with Gasteiger partial charge in [-0.25, -0.2) is 4.98 Å². The second kappa shape index (κ2) is 11.2. The third-order valence-electron chi connectivity index (χ3n) is 7.14. The summed E-state index contributed by atoms with van der Waals surface area (Å²) >= 11 is 6.13. The molecule has 3 aromatic heterocycles. The van der Waals surface area contributed by atoms with Crippen LogP contribution in [0.5, 0.6) is 0 Å². The Kier molecular flexibility index (Phi) is 7.63. The molecule has 0 radical (unpaired) electrons. The van der Waals surface area contributed by atoms with E-state index in [0.717, 1.165) is 43.6 Å². The van der Waals surface area contributed by atoms with Gasteiger partial charge in [0.15, 0.2) is 0 Å². The Morgan fingerprint density at radius 1 is 1.14 bits per heavy atom. The molecule has 0 saturated carbocycles. The van der Waals surface area contributed by atoms with Gasteiger partial charge in [0.1, 0.15) is 0 Å². The van der Waals surface area contributed by atoms with Crippen LogP contribution in [0.4, 0.5) is 0 Å². The van der Waals surface area contributed by atoms with Crippen LogP contribution in [-0.4, -0.2) is 30.3 Å². The summed E-state index contributed by atoms with van der Waals surface area (Å²) in [7, 11) is 2.03. The normalized spacial score (nSPS) is 15.0. The lowest BCUT2D eigenvalue weighted by Crippen LogP contribution is -2.32. The molecule has 1 amide bonds. The number of nitrogens with one attached hydrogen (secondary N) is 1. The summed E-state index contributed by atoms with van der Waals surface area (Å²) in [5.41, 5.74) is 7.43. The van der Waals surface area contributed by atoms with Crippen LogP contribution >= 0.6 is 11.6 Å². The zero-order chi connectivity index (χ0) is 25.8. The van der Waals surface area contributed by atoms with Crippen molar-refractivity contribution in [2.75, 3.05) is 0 Å². The number of carbonyl (C=O) groups excluding carboxylic acids is 1. The monoisotopic (exact) mass is 514 g/mol. The Balaban J connectivity index is 1.36. The number of benzene rings is 1. The lowest BCUT2D eigenvalue weighted by molar-refractivity contribution is 0.0951. The number of fused-ring (bicyclic) bond motifs is 1. The van der Waals surface area contributed by atoms with Crippen LogP contribution in [0.25, 0.3) is 0 Å². The maximum atomic E-state index is 12.6. The predicted molar refractivity (Wildman–Crippen MR) is 144 cm³/mol. The molecule has 0 saturated heterocycles. The van der Waals surface area contributed by atoms with Crippen LogP contribution in [0, 0.1) is 6.92 Å². The van der Waals surface area contributed by atoms with Gasteiger partial charge in [-0.2, -0.15) is 0 Å². The lowest BCUT2D eigenvalue weighted by Gasteiger charge is -2.35. The quantitative estimate of drug-likeness (QED) is 0.350. The van der Waals surface area contributed by atoms with Crippen molar-refractivity contribution in [1.82, 2.24) is 29.7 Å². The number of aromatic nitrogens is 4. The molecule has 0 fully saturated rings. The Labute approximate surface area is 222 Å². The van der Waals surface area contributed by atoms with Gasteiger partial charge in [-0.1, -0.05) is 41.9 Å². The molecule has 1 N–H and O–H groups in total. The van der Waals surface area contributed by atoms with Crippen LogP contribution in [0.1, 0.15) is 63.0 Å². The molecule has 1 aliphatic carbocycles. The fourth-order valence-corrected chi connectivity index (χ4v) is 5.22. The number of nitrogens with zero attached hydrogens (tertiary/aromatic N) is 5. The van der Waals surface area contributed by atoms with Crippen molar-refractivity contribution in [3.63, 3.8) is 0 Å². The molecule has 7 nitrogen and oxygen atoms in total. The highest BCUT2D eigenvalue weighted by molar-refractivity contribution is 6.33. The number of amides is 1. The first-order chi connectivity index (χ1) is 18.0. The summed E-state index contributed by atoms with van der Waals surface area (Å²) in [6.07, 6.45) is 10.1. The summed E-state index contributed by atoms with van der Waals surface area (Å²) in [6.45, 7) is 4.04. The van der Waals surface area contributed by atoms with Gasteiger partial charge in [0, 0.05) is 51.0 Å². The number of hydrogen-bond donors (Lipinski definition) is 1. The molecule has 1 aromatic carbocycles. The van der Waals surface area contributed by atoms with Crippen LogP contribution in [0.2, 0.25) is 5.02 Å². The summed E-state index contributed by atoms with van der Waals surface area (Å²) in [6, 6.07) is 14.5. The fourth-order valence-electron chi connectivity index (χ4n) is 5.01. The Bertz CT molecular complexity index is 1400. The van der Waals surface area contributed by atoms with E-state index < -0.39 is 0 Å². The molecule has 1 aliphatic rings. The predicted octanol–water partition coefficient (Wildman–Crippen LogP) is 5.18. The SMILES string of the molecule is Cc1c(CN(Cc2cccc(CNC(=O)c3ccncc3Cl)c2)C2CCCc3cccnc32)ncn1C. The summed E-state index contributed by atoms with van der Waals surface area (Å²) in [5.74, 6) is -0.213. The Hall–Kier alpha value is -3.55. The summed E-state index contributed by atoms with van der Waals surface area (Å²) in [5, 5.41) is 3.32. The number of aryl methyl sites for hydroxylation is 2. The fraction of sp³-hybridized carbons (Fsp3) is 0.310. The zero-order valence-electron chi connectivity index (χ0n) is 21.2. The van der Waals surface area contributed by atoms with Crippen molar-refractivity contribution in [2.24, 2.45) is 7.05 Å². The molecule has 1 unspecified atom stereocenters. The van der Waals surface area contributed by atoms with Gasteiger partial charge in [0.05, 0.1) is 34.3 Å². The van der Waals surface area contributed by atoms with Gasteiger partial charge in [-0.15, -0.1) is 0 Å². The van der Waals surface area contributed by atoms with E-state index >= 15 is 0 Å². The van der Waals surface area contributed by atoms with Crippen molar-refractivity contribution < 1.29 is 4.79 Å². The van der Waals surface area contributed by atoms with E-state index in [1.165, 1.54) is 28.7 Å². The molecule has 3 heterocycles. The maximum Gasteiger partial charge on any atom is 0.253 e. The molecule has 37 heavy (non-hydrogen) atoms. The van der Waals surface area contributed by atoms with E-state index in [1.54, 1.807) is 12.3 Å². The van der Waals surface area contributed by atoms with Crippen molar-refractivity contribution in [3.8, 4) is 0 Å². The van der Waals surface area contributed by atoms with Crippen molar-refractivity contribution >= 4 is 17.5 Å². The topological polar surface area (TPSA) is 75.9 Å². The average Bonchev–Trinajstić information content (AvgIpc) is 3.23. The maximum absolute atomic E-state index is 12.6. The van der Waals surface area contributed by atoms with Gasteiger partial charge >= 0.3 is 0 Å². The van der Waals surface area contributed by atoms with E-state index in [-0.39, 0.29) is 11.9 Å². The Morgan fingerprint density at radius 3 is 2.81 bits per heavy atom. The van der Waals surface area contributed by atoms with Crippen molar-refractivity contribution in [1.29, 1.82) is 0 Å². The molecule has 190 valence electrons. The highest BCUT2D eigenvalue weighted by Crippen LogP contribution is 2.35. The third-order valence-corrected chi connectivity index (χ3v) is 7.44. The molecular weight excluding hydrogens is 484 g/mol. The van der Waals surface area contributed by atoms with E-state index in [0.29, 0.717) is 17.1 Å². The summed E-state index contributed by atoms with van der Waals surface area (Å²) < 4.78 is 2.07. The number of rotatable bonds is 8. The minimum atomic E-state index is -0.213. The van der Waals surface area contributed by atoms with Crippen LogP contribution in [0.15, 0.2) is 67.4 Å². The van der Waals surface area contributed by atoms with Crippen LogP contribution in [-0.2, 0) is 33.1 Å². The second-order valence-electron chi connectivity index (χ2n) is 9.61. The molecule has 0 bridgehead atoms. The zero-order valence-corrected chi connectivity index (χ0v) is 21.9. The summed E-state index contributed by atoms with van der Waals surface area (Å²) in [4.78, 5) is 28.5. The standard InChI is InChI=1S/C29H31ClN6O/c1-20-26(34-19-35(20)2)18-36(27-10-4-8-23-9-5-12-32-28(23)27)17-22-7-3-6-21(14-22)15-33-29(37)24-11-13-31-16-25(24)30/h3,5-7,9,11-14,16,19,27H,4,8,10,15,17-18H2,1-2H3,(H,33,37). The van der Waals surface area contributed by atoms with Crippen molar-refractivity contribution in [2.45, 2.75) is 51.9 Å². The molecule has 0 spiro atoms. The Morgan fingerprint density at radius 2 is 2.00 bits per heavy atom. The van der Waals surface area contributed by atoms with Crippen molar-refractivity contribution in [3.05, 3.63) is 112 Å².